The van der Waals surface area contributed by atoms with Crippen molar-refractivity contribution in [2.75, 3.05) is 7.11 Å². The number of nitrogens with zero attached hydrogens (tertiary/aromatic N) is 1. The number of ether oxygens (including phenoxy) is 1. The molecule has 0 aliphatic rings. The van der Waals surface area contributed by atoms with Gasteiger partial charge in [-0.3, -0.25) is 4.79 Å². The van der Waals surface area contributed by atoms with Crippen LogP contribution in [0.1, 0.15) is 24.8 Å². The fraction of sp³-hybridized carbons (Fsp3) is 0.385. The molecule has 0 amide bonds. The van der Waals surface area contributed by atoms with Gasteiger partial charge in [0.05, 0.1) is 7.11 Å². The quantitative estimate of drug-likeness (QED) is 0.522. The van der Waals surface area contributed by atoms with Gasteiger partial charge >= 0.3 is 0 Å². The van der Waals surface area contributed by atoms with Crippen molar-refractivity contribution in [3.63, 3.8) is 0 Å². The van der Waals surface area contributed by atoms with Gasteiger partial charge in [-0.1, -0.05) is 12.1 Å². The molecule has 0 bridgehead atoms. The molecule has 1 aromatic rings. The highest BCUT2D eigenvalue weighted by Gasteiger charge is 2.03. The maximum Gasteiger partial charge on any atom is 0.212 e. The maximum absolute atomic E-state index is 11.5. The van der Waals surface area contributed by atoms with Crippen LogP contribution in [0.15, 0.2) is 31.0 Å². The number of allylic oxidation sites excluding steroid dienone is 1. The first kappa shape index (κ1) is 12.4. The van der Waals surface area contributed by atoms with Gasteiger partial charge < -0.3 is 4.74 Å². The summed E-state index contributed by atoms with van der Waals surface area (Å²) in [5.41, 5.74) is 0.935. The van der Waals surface area contributed by atoms with E-state index in [1.807, 2.05) is 12.1 Å². The molecule has 0 unspecified atom stereocenters. The fourth-order valence-corrected chi connectivity index (χ4v) is 1.40. The molecule has 0 atom stereocenters. The number of carbonyl (C=O) groups excluding carboxylic acids is 1. The number of carbonyl (C=O) groups is 1. The molecule has 0 spiro atoms. The molecule has 1 heterocycles. The minimum absolute atomic E-state index is 0.244. The van der Waals surface area contributed by atoms with Crippen LogP contribution in [0.2, 0.25) is 0 Å². The van der Waals surface area contributed by atoms with Crippen LogP contribution in [0.4, 0.5) is 0 Å². The summed E-state index contributed by atoms with van der Waals surface area (Å²) in [6.07, 6.45) is 6.36. The highest BCUT2D eigenvalue weighted by Crippen LogP contribution is 2.09. The standard InChI is InChI=1S/C13H17NO2/c1-3-4-5-6-12(15)9-11-7-8-13(16-2)14-10-11/h3,7-8,10H,1,4-6,9H2,2H3. The average molecular weight is 219 g/mol. The number of aromatic nitrogens is 1. The molecule has 3 nitrogen and oxygen atoms in total. The van der Waals surface area contributed by atoms with Crippen LogP contribution in [-0.4, -0.2) is 17.9 Å². The van der Waals surface area contributed by atoms with Crippen molar-refractivity contribution in [3.05, 3.63) is 36.5 Å². The zero-order valence-corrected chi connectivity index (χ0v) is 9.61. The van der Waals surface area contributed by atoms with Gasteiger partial charge in [-0.25, -0.2) is 4.98 Å². The monoisotopic (exact) mass is 219 g/mol. The highest BCUT2D eigenvalue weighted by atomic mass is 16.5. The van der Waals surface area contributed by atoms with E-state index in [1.165, 1.54) is 0 Å². The van der Waals surface area contributed by atoms with Crippen molar-refractivity contribution in [3.8, 4) is 5.88 Å². The Balaban J connectivity index is 2.40. The molecule has 16 heavy (non-hydrogen) atoms. The molecule has 0 saturated carbocycles. The summed E-state index contributed by atoms with van der Waals surface area (Å²) in [5.74, 6) is 0.816. The molecular weight excluding hydrogens is 202 g/mol. The summed E-state index contributed by atoms with van der Waals surface area (Å²) in [4.78, 5) is 15.6. The fourth-order valence-electron chi connectivity index (χ4n) is 1.40. The van der Waals surface area contributed by atoms with Crippen molar-refractivity contribution >= 4 is 5.78 Å². The second-order valence-electron chi connectivity index (χ2n) is 3.61. The van der Waals surface area contributed by atoms with Crippen molar-refractivity contribution in [2.24, 2.45) is 0 Å². The van der Waals surface area contributed by atoms with Crippen molar-refractivity contribution in [1.82, 2.24) is 4.98 Å². The number of methoxy groups -OCH3 is 1. The van der Waals surface area contributed by atoms with Crippen LogP contribution in [-0.2, 0) is 11.2 Å². The van der Waals surface area contributed by atoms with E-state index >= 15 is 0 Å². The molecule has 86 valence electrons. The van der Waals surface area contributed by atoms with Gasteiger partial charge in [-0.2, -0.15) is 0 Å². The molecule has 0 aromatic carbocycles. The van der Waals surface area contributed by atoms with E-state index in [4.69, 9.17) is 4.74 Å². The lowest BCUT2D eigenvalue weighted by atomic mass is 10.1. The summed E-state index contributed by atoms with van der Waals surface area (Å²) >= 11 is 0. The molecule has 3 heteroatoms. The molecule has 0 aliphatic carbocycles. The maximum atomic E-state index is 11.5. The van der Waals surface area contributed by atoms with E-state index in [1.54, 1.807) is 19.4 Å². The average Bonchev–Trinajstić information content (AvgIpc) is 2.30. The Morgan fingerprint density at radius 1 is 1.56 bits per heavy atom. The Labute approximate surface area is 96.2 Å². The number of rotatable bonds is 7. The Morgan fingerprint density at radius 3 is 2.94 bits per heavy atom. The smallest absolute Gasteiger partial charge is 0.212 e. The largest absolute Gasteiger partial charge is 0.481 e. The molecular formula is C13H17NO2. The van der Waals surface area contributed by atoms with E-state index in [0.717, 1.165) is 18.4 Å². The molecule has 0 saturated heterocycles. The predicted octanol–water partition coefficient (Wildman–Crippen LogP) is 2.56. The second kappa shape index (κ2) is 6.77. The molecule has 1 aromatic heterocycles. The Hall–Kier alpha value is -1.64. The molecule has 0 N–H and O–H groups in total. The number of hydrogen-bond acceptors (Lipinski definition) is 3. The third-order valence-corrected chi connectivity index (χ3v) is 2.27. The lowest BCUT2D eigenvalue weighted by Crippen LogP contribution is -2.02. The van der Waals surface area contributed by atoms with E-state index in [9.17, 15) is 4.79 Å². The normalized spacial score (nSPS) is 9.81. The number of hydrogen-bond donors (Lipinski definition) is 0. The number of ketones is 1. The van der Waals surface area contributed by atoms with E-state index in [2.05, 4.69) is 11.6 Å². The summed E-state index contributed by atoms with van der Waals surface area (Å²) in [7, 11) is 1.57. The first-order valence-corrected chi connectivity index (χ1v) is 5.37. The van der Waals surface area contributed by atoms with E-state index < -0.39 is 0 Å². The van der Waals surface area contributed by atoms with Crippen LogP contribution in [0.3, 0.4) is 0 Å². The molecule has 0 aliphatic heterocycles. The lowest BCUT2D eigenvalue weighted by Gasteiger charge is -2.02. The zero-order chi connectivity index (χ0) is 11.8. The third kappa shape index (κ3) is 4.26. The van der Waals surface area contributed by atoms with Gasteiger partial charge in [0.2, 0.25) is 5.88 Å². The lowest BCUT2D eigenvalue weighted by molar-refractivity contribution is -0.118. The summed E-state index contributed by atoms with van der Waals surface area (Å²) < 4.78 is 4.95. The topological polar surface area (TPSA) is 39.2 Å². The summed E-state index contributed by atoms with van der Waals surface area (Å²) in [6, 6.07) is 3.64. The third-order valence-electron chi connectivity index (χ3n) is 2.27. The number of Topliss-reactive ketones (excluding diaryl/α,β-unsaturated/α-hetero) is 1. The second-order valence-corrected chi connectivity index (χ2v) is 3.61. The van der Waals surface area contributed by atoms with Crippen molar-refractivity contribution in [2.45, 2.75) is 25.7 Å². The summed E-state index contributed by atoms with van der Waals surface area (Å²) in [5, 5.41) is 0. The van der Waals surface area contributed by atoms with Crippen LogP contribution in [0.25, 0.3) is 0 Å². The Morgan fingerprint density at radius 2 is 2.38 bits per heavy atom. The highest BCUT2D eigenvalue weighted by molar-refractivity contribution is 5.80. The van der Waals surface area contributed by atoms with Gasteiger partial charge in [0, 0.05) is 25.1 Å². The van der Waals surface area contributed by atoms with Crippen LogP contribution >= 0.6 is 0 Å². The van der Waals surface area contributed by atoms with E-state index in [-0.39, 0.29) is 5.78 Å². The van der Waals surface area contributed by atoms with E-state index in [0.29, 0.717) is 18.7 Å². The SMILES string of the molecule is C=CCCCC(=O)Cc1ccc(OC)nc1. The van der Waals surface area contributed by atoms with Crippen molar-refractivity contribution in [1.29, 1.82) is 0 Å². The first-order chi connectivity index (χ1) is 7.76. The minimum atomic E-state index is 0.244. The number of unbranched alkanes of at least 4 members (excludes halogenated alkanes) is 1. The number of pyridine rings is 1. The van der Waals surface area contributed by atoms with Crippen LogP contribution in [0.5, 0.6) is 5.88 Å². The van der Waals surface area contributed by atoms with Crippen molar-refractivity contribution < 1.29 is 9.53 Å². The summed E-state index contributed by atoms with van der Waals surface area (Å²) in [6.45, 7) is 3.63. The molecule has 1 rings (SSSR count). The van der Waals surface area contributed by atoms with Gasteiger partial charge in [-0.05, 0) is 18.4 Å². The minimum Gasteiger partial charge on any atom is -0.481 e. The van der Waals surface area contributed by atoms with Gasteiger partial charge in [0.1, 0.15) is 5.78 Å². The zero-order valence-electron chi connectivity index (χ0n) is 9.61. The molecule has 0 fully saturated rings. The van der Waals surface area contributed by atoms with Gasteiger partial charge in [0.15, 0.2) is 0 Å². The van der Waals surface area contributed by atoms with Crippen LogP contribution in [0, 0.1) is 0 Å². The van der Waals surface area contributed by atoms with Crippen LogP contribution < -0.4 is 4.74 Å². The first-order valence-electron chi connectivity index (χ1n) is 5.37. The van der Waals surface area contributed by atoms with Gasteiger partial charge in [-0.15, -0.1) is 6.58 Å². The Kier molecular flexibility index (Phi) is 5.26. The Bertz CT molecular complexity index is 343. The van der Waals surface area contributed by atoms with Gasteiger partial charge in [0.25, 0.3) is 0 Å². The molecule has 0 radical (unpaired) electrons. The predicted molar refractivity (Wildman–Crippen MR) is 63.5 cm³/mol.